The Morgan fingerprint density at radius 2 is 0.809 bits per heavy atom. The molecule has 0 fully saturated rings. The van der Waals surface area contributed by atoms with Gasteiger partial charge in [-0.25, -0.2) is 15.0 Å². The van der Waals surface area contributed by atoms with Gasteiger partial charge in [0.05, 0.1) is 11.0 Å². The Bertz CT molecular complexity index is 5490. The molecule has 0 amide bonds. The molecule has 2 aliphatic rings. The molecule has 3 aromatic heterocycles. The average Bonchev–Trinajstić information content (AvgIpc) is 1.56. The van der Waals surface area contributed by atoms with Gasteiger partial charge in [0.2, 0.25) is 0 Å². The van der Waals surface area contributed by atoms with Crippen LogP contribution in [0.2, 0.25) is 0 Å². The largest absolute Gasteiger partial charge is 0.310 e. The highest BCUT2D eigenvalue weighted by molar-refractivity contribution is 7.00. The molecule has 89 heavy (non-hydrogen) atoms. The number of nitrogens with zero attached hydrogens (tertiary/aromatic N) is 5. The fourth-order valence-electron chi connectivity index (χ4n) is 16.1. The number of rotatable bonds is 5. The molecule has 0 N–H and O–H groups in total. The summed E-state index contributed by atoms with van der Waals surface area (Å²) in [5.41, 5.74) is 28.3. The molecular formula is C83H68BN5. The highest BCUT2D eigenvalue weighted by Crippen LogP contribution is 2.48. The van der Waals surface area contributed by atoms with Crippen molar-refractivity contribution in [1.82, 2.24) is 24.1 Å². The lowest BCUT2D eigenvalue weighted by Crippen LogP contribution is -2.59. The summed E-state index contributed by atoms with van der Waals surface area (Å²) in [5.74, 6) is 2.01. The van der Waals surface area contributed by atoms with Gasteiger partial charge in [-0.05, 0) is 194 Å². The van der Waals surface area contributed by atoms with Crippen molar-refractivity contribution in [3.05, 3.63) is 239 Å². The van der Waals surface area contributed by atoms with E-state index in [0.717, 1.165) is 50.3 Å². The van der Waals surface area contributed by atoms with E-state index in [4.69, 9.17) is 15.0 Å². The minimum absolute atomic E-state index is 0.0676. The Hall–Kier alpha value is -9.91. The van der Waals surface area contributed by atoms with E-state index < -0.39 is 0 Å². The molecule has 0 unspecified atom stereocenters. The van der Waals surface area contributed by atoms with Crippen molar-refractivity contribution in [2.75, 3.05) is 0 Å². The van der Waals surface area contributed by atoms with Crippen LogP contribution < -0.4 is 16.4 Å². The predicted molar refractivity (Wildman–Crippen MR) is 379 cm³/mol. The van der Waals surface area contributed by atoms with Crippen molar-refractivity contribution in [2.45, 2.75) is 93.9 Å². The van der Waals surface area contributed by atoms with E-state index in [1.807, 2.05) is 0 Å². The maximum absolute atomic E-state index is 5.69. The topological polar surface area (TPSA) is 48.5 Å². The van der Waals surface area contributed by atoms with E-state index in [1.165, 1.54) is 137 Å². The van der Waals surface area contributed by atoms with Crippen molar-refractivity contribution < 1.29 is 0 Å². The number of aromatic nitrogens is 5. The molecule has 12 aromatic carbocycles. The second-order valence-electron chi connectivity index (χ2n) is 27.9. The monoisotopic (exact) mass is 1150 g/mol. The summed E-state index contributed by atoms with van der Waals surface area (Å²) in [4.78, 5) is 16.9. The van der Waals surface area contributed by atoms with Gasteiger partial charge < -0.3 is 9.13 Å². The van der Waals surface area contributed by atoms with Crippen molar-refractivity contribution in [2.24, 2.45) is 0 Å². The van der Waals surface area contributed by atoms with Crippen LogP contribution in [0.1, 0.15) is 86.1 Å². The van der Waals surface area contributed by atoms with Gasteiger partial charge in [0.25, 0.3) is 6.71 Å². The molecule has 6 heteroatoms. The van der Waals surface area contributed by atoms with Gasteiger partial charge in [-0.15, -0.1) is 0 Å². The number of hydrogen-bond acceptors (Lipinski definition) is 3. The average molecular weight is 1150 g/mol. The van der Waals surface area contributed by atoms with Crippen molar-refractivity contribution in [3.63, 3.8) is 0 Å². The zero-order valence-corrected chi connectivity index (χ0v) is 52.8. The lowest BCUT2D eigenvalue weighted by atomic mass is 9.34. The van der Waals surface area contributed by atoms with E-state index in [0.29, 0.717) is 17.5 Å². The Labute approximate surface area is 520 Å². The first-order chi connectivity index (χ1) is 42.9. The molecule has 15 aromatic rings. The first-order valence-electron chi connectivity index (χ1n) is 31.6. The molecule has 428 valence electrons. The van der Waals surface area contributed by atoms with Crippen LogP contribution in [0.4, 0.5) is 0 Å². The Balaban J connectivity index is 1.09. The maximum Gasteiger partial charge on any atom is 0.252 e. The zero-order chi connectivity index (χ0) is 60.8. The highest BCUT2D eigenvalue weighted by atomic mass is 15.1. The molecule has 0 spiro atoms. The van der Waals surface area contributed by atoms with Crippen molar-refractivity contribution >= 4 is 99.0 Å². The normalized spacial score (nSPS) is 12.9. The second kappa shape index (κ2) is 18.8. The summed E-state index contributed by atoms with van der Waals surface area (Å²) in [6, 6.07) is 74.3. The summed E-state index contributed by atoms with van der Waals surface area (Å²) in [6.45, 7) is 27.1. The quantitative estimate of drug-likeness (QED) is 0.127. The Morgan fingerprint density at radius 3 is 1.40 bits per heavy atom. The van der Waals surface area contributed by atoms with Crippen LogP contribution in [0.5, 0.6) is 0 Å². The summed E-state index contributed by atoms with van der Waals surface area (Å²) >= 11 is 0. The Morgan fingerprint density at radius 1 is 0.337 bits per heavy atom. The third-order valence-corrected chi connectivity index (χ3v) is 19.9. The smallest absolute Gasteiger partial charge is 0.252 e. The standard InChI is InChI=1S/C83H68BN5/c1-45-34-47(3)72(48(4)35-45)80-85-79(86-81(87-80)73-49(5)36-46(2)37-50(73)6)53-40-70-76-71(41-53)89-69-33-31-62-60-28-19-18-26-58(60)59-27-20-21-29-61(59)74(62)75(69)65-38-52(57-25-17-16-24-56(57)51-22-14-13-15-23-51)39-66(78(65)89)84(76)67-44-55(83(10,11)12)43-64-63-42-54(82(7,8)9)30-32-68(63)88(70)77(64)67/h13-44H,1-12H3. The second-order valence-corrected chi connectivity index (χ2v) is 27.9. The Kier molecular flexibility index (Phi) is 11.3. The van der Waals surface area contributed by atoms with E-state index in [9.17, 15) is 0 Å². The predicted octanol–water partition coefficient (Wildman–Crippen LogP) is 19.4. The van der Waals surface area contributed by atoms with Crippen LogP contribution in [-0.2, 0) is 10.8 Å². The summed E-state index contributed by atoms with van der Waals surface area (Å²) in [7, 11) is 0. The van der Waals surface area contributed by atoms with E-state index in [2.05, 4.69) is 286 Å². The minimum Gasteiger partial charge on any atom is -0.310 e. The third-order valence-electron chi connectivity index (χ3n) is 19.9. The summed E-state index contributed by atoms with van der Waals surface area (Å²) in [6.07, 6.45) is 0. The molecule has 0 aliphatic carbocycles. The number of fused-ring (bicyclic) bond motifs is 17. The third kappa shape index (κ3) is 7.78. The van der Waals surface area contributed by atoms with Gasteiger partial charge in [0.1, 0.15) is 0 Å². The van der Waals surface area contributed by atoms with Crippen molar-refractivity contribution in [1.29, 1.82) is 0 Å². The maximum atomic E-state index is 5.69. The van der Waals surface area contributed by atoms with Crippen molar-refractivity contribution in [3.8, 4) is 67.8 Å². The molecule has 0 bridgehead atoms. The molecule has 0 radical (unpaired) electrons. The van der Waals surface area contributed by atoms with Gasteiger partial charge >= 0.3 is 0 Å². The molecule has 17 rings (SSSR count). The van der Waals surface area contributed by atoms with Crippen LogP contribution in [0.3, 0.4) is 0 Å². The molecule has 0 saturated heterocycles. The number of aryl methyl sites for hydroxylation is 6. The fraction of sp³-hybridized carbons (Fsp3) is 0.169. The zero-order valence-electron chi connectivity index (χ0n) is 52.8. The first-order valence-corrected chi connectivity index (χ1v) is 31.6. The van der Waals surface area contributed by atoms with E-state index >= 15 is 0 Å². The molecule has 0 atom stereocenters. The summed E-state index contributed by atoms with van der Waals surface area (Å²) in [5, 5.41) is 12.6. The van der Waals surface area contributed by atoms with Crippen LogP contribution in [0, 0.1) is 41.5 Å². The molecular weight excluding hydrogens is 1080 g/mol. The van der Waals surface area contributed by atoms with Crippen LogP contribution >= 0.6 is 0 Å². The molecule has 0 saturated carbocycles. The van der Waals surface area contributed by atoms with Gasteiger partial charge in [0, 0.05) is 66.0 Å². The van der Waals surface area contributed by atoms with Crippen LogP contribution in [-0.4, -0.2) is 30.8 Å². The lowest BCUT2D eigenvalue weighted by Gasteiger charge is -2.35. The molecule has 5 heterocycles. The fourth-order valence-corrected chi connectivity index (χ4v) is 16.1. The lowest BCUT2D eigenvalue weighted by molar-refractivity contribution is 0.590. The number of benzene rings is 12. The summed E-state index contributed by atoms with van der Waals surface area (Å²) < 4.78 is 5.28. The SMILES string of the molecule is Cc1cc(C)c(-c2nc(-c3cc4c5c(c3)-n3c6ccc7c8ccccc8c8ccccc8c7c6c6cc(-c7ccccc7-c7ccccc7)cc(c63)B5c3cc(C(C)(C)C)cc5c6cc(C(C)(C)C)ccc6n-4c35)nc(-c3c(C)cc(C)cc3C)n2)c(C)c1. The number of hydrogen-bond donors (Lipinski definition) is 0. The molecule has 2 aliphatic heterocycles. The molecule has 5 nitrogen and oxygen atoms in total. The first kappa shape index (κ1) is 53.3. The highest BCUT2D eigenvalue weighted by Gasteiger charge is 2.43. The van der Waals surface area contributed by atoms with Crippen LogP contribution in [0.25, 0.3) is 144 Å². The van der Waals surface area contributed by atoms with E-state index in [-0.39, 0.29) is 17.5 Å². The van der Waals surface area contributed by atoms with Gasteiger partial charge in [-0.3, -0.25) is 0 Å². The van der Waals surface area contributed by atoms with Gasteiger partial charge in [-0.2, -0.15) is 0 Å². The minimum atomic E-state index is -0.162. The van der Waals surface area contributed by atoms with E-state index in [1.54, 1.807) is 0 Å². The van der Waals surface area contributed by atoms with Gasteiger partial charge in [-0.1, -0.05) is 204 Å². The van der Waals surface area contributed by atoms with Gasteiger partial charge in [0.15, 0.2) is 17.5 Å². The van der Waals surface area contributed by atoms with Crippen LogP contribution in [0.15, 0.2) is 194 Å².